The Morgan fingerprint density at radius 1 is 1.36 bits per heavy atom. The number of hydrogen-bond donors (Lipinski definition) is 2. The van der Waals surface area contributed by atoms with Crippen LogP contribution in [-0.4, -0.2) is 33.4 Å². The van der Waals surface area contributed by atoms with Gasteiger partial charge < -0.3 is 10.4 Å². The predicted octanol–water partition coefficient (Wildman–Crippen LogP) is 1.07. The van der Waals surface area contributed by atoms with Crippen molar-refractivity contribution in [3.63, 3.8) is 0 Å². The highest BCUT2D eigenvalue weighted by Crippen LogP contribution is 2.14. The molecule has 22 heavy (non-hydrogen) atoms. The first-order chi connectivity index (χ1) is 10.5. The minimum Gasteiger partial charge on any atom is -0.394 e. The molecular formula is C16H21N3O3. The first-order valence-corrected chi connectivity index (χ1v) is 7.37. The number of carbonyl (C=O) groups excluding carboxylic acids is 1. The summed E-state index contributed by atoms with van der Waals surface area (Å²) in [6.45, 7) is 3.83. The molecule has 1 heterocycles. The van der Waals surface area contributed by atoms with Crippen molar-refractivity contribution in [2.24, 2.45) is 13.0 Å². The van der Waals surface area contributed by atoms with Gasteiger partial charge in [0.1, 0.15) is 0 Å². The maximum absolute atomic E-state index is 12.5. The molecule has 2 atom stereocenters. The van der Waals surface area contributed by atoms with E-state index in [4.69, 9.17) is 0 Å². The Morgan fingerprint density at radius 3 is 2.59 bits per heavy atom. The summed E-state index contributed by atoms with van der Waals surface area (Å²) in [5.41, 5.74) is -0.0489. The fourth-order valence-corrected chi connectivity index (χ4v) is 2.36. The molecule has 1 amide bonds. The Bertz CT molecular complexity index is 739. The van der Waals surface area contributed by atoms with Gasteiger partial charge in [-0.2, -0.15) is 5.10 Å². The molecule has 0 aliphatic carbocycles. The van der Waals surface area contributed by atoms with Gasteiger partial charge in [-0.15, -0.1) is 0 Å². The van der Waals surface area contributed by atoms with Crippen LogP contribution in [0.15, 0.2) is 29.1 Å². The van der Waals surface area contributed by atoms with Gasteiger partial charge in [0.15, 0.2) is 5.69 Å². The molecule has 0 saturated heterocycles. The molecule has 2 aromatic rings. The Kier molecular flexibility index (Phi) is 4.92. The molecule has 0 saturated carbocycles. The number of amides is 1. The van der Waals surface area contributed by atoms with Gasteiger partial charge in [-0.25, -0.2) is 4.68 Å². The second-order valence-corrected chi connectivity index (χ2v) is 5.47. The topological polar surface area (TPSA) is 84.2 Å². The first kappa shape index (κ1) is 16.2. The van der Waals surface area contributed by atoms with E-state index in [-0.39, 0.29) is 35.7 Å². The van der Waals surface area contributed by atoms with E-state index in [1.54, 1.807) is 24.3 Å². The van der Waals surface area contributed by atoms with E-state index in [1.807, 2.05) is 13.8 Å². The fraction of sp³-hybridized carbons (Fsp3) is 0.438. The number of nitrogens with zero attached hydrogens (tertiary/aromatic N) is 2. The van der Waals surface area contributed by atoms with E-state index in [2.05, 4.69) is 10.4 Å². The van der Waals surface area contributed by atoms with Crippen molar-refractivity contribution >= 4 is 16.7 Å². The number of aryl methyl sites for hydroxylation is 1. The number of nitrogens with one attached hydrogen (secondary N) is 1. The molecule has 0 fully saturated rings. The maximum atomic E-state index is 12.5. The number of aliphatic hydroxyl groups excluding tert-OH is 1. The molecule has 1 aromatic carbocycles. The highest BCUT2D eigenvalue weighted by atomic mass is 16.3. The van der Waals surface area contributed by atoms with E-state index in [1.165, 1.54) is 7.05 Å². The second kappa shape index (κ2) is 6.70. The van der Waals surface area contributed by atoms with E-state index in [9.17, 15) is 14.7 Å². The van der Waals surface area contributed by atoms with Crippen LogP contribution in [0, 0.1) is 5.92 Å². The Labute approximate surface area is 128 Å². The summed E-state index contributed by atoms with van der Waals surface area (Å²) in [6, 6.07) is 6.55. The molecule has 6 heteroatoms. The summed E-state index contributed by atoms with van der Waals surface area (Å²) in [5, 5.41) is 17.3. The molecule has 0 aliphatic rings. The molecule has 0 spiro atoms. The minimum absolute atomic E-state index is 0.134. The normalized spacial score (nSPS) is 13.8. The van der Waals surface area contributed by atoms with Crippen molar-refractivity contribution in [2.75, 3.05) is 6.61 Å². The summed E-state index contributed by atoms with van der Waals surface area (Å²) in [4.78, 5) is 24.6. The van der Waals surface area contributed by atoms with Crippen molar-refractivity contribution in [1.82, 2.24) is 15.1 Å². The average Bonchev–Trinajstić information content (AvgIpc) is 2.55. The summed E-state index contributed by atoms with van der Waals surface area (Å²) < 4.78 is 1.16. The molecule has 2 rings (SSSR count). The predicted molar refractivity (Wildman–Crippen MR) is 84.8 cm³/mol. The standard InChI is InChI=1S/C16H21N3O3/c1-4-10(2)13(9-20)17-15(21)14-11-7-5-6-8-12(11)16(22)19(3)18-14/h5-8,10,13,20H,4,9H2,1-3H3,(H,17,21)/t10-,13+/m1/s1. The largest absolute Gasteiger partial charge is 0.394 e. The molecular weight excluding hydrogens is 282 g/mol. The van der Waals surface area contributed by atoms with Gasteiger partial charge in [0.2, 0.25) is 0 Å². The number of carbonyl (C=O) groups is 1. The van der Waals surface area contributed by atoms with Gasteiger partial charge in [-0.3, -0.25) is 9.59 Å². The quantitative estimate of drug-likeness (QED) is 0.865. The number of rotatable bonds is 5. The summed E-state index contributed by atoms with van der Waals surface area (Å²) in [6.07, 6.45) is 0.840. The monoisotopic (exact) mass is 303 g/mol. The number of hydrogen-bond acceptors (Lipinski definition) is 4. The second-order valence-electron chi connectivity index (χ2n) is 5.47. The van der Waals surface area contributed by atoms with Gasteiger partial charge >= 0.3 is 0 Å². The lowest BCUT2D eigenvalue weighted by molar-refractivity contribution is 0.0886. The SMILES string of the molecule is CC[C@@H](C)[C@H](CO)NC(=O)c1nn(C)c(=O)c2ccccc12. The third-order valence-corrected chi connectivity index (χ3v) is 4.02. The highest BCUT2D eigenvalue weighted by Gasteiger charge is 2.21. The Hall–Kier alpha value is -2.21. The minimum atomic E-state index is -0.383. The van der Waals surface area contributed by atoms with Crippen LogP contribution in [0.2, 0.25) is 0 Å². The zero-order valence-corrected chi connectivity index (χ0v) is 13.0. The lowest BCUT2D eigenvalue weighted by atomic mass is 9.99. The van der Waals surface area contributed by atoms with Crippen LogP contribution in [0.5, 0.6) is 0 Å². The number of benzene rings is 1. The lowest BCUT2D eigenvalue weighted by Crippen LogP contribution is -2.42. The molecule has 0 bridgehead atoms. The Morgan fingerprint density at radius 2 is 2.00 bits per heavy atom. The smallest absolute Gasteiger partial charge is 0.274 e. The third kappa shape index (κ3) is 3.01. The maximum Gasteiger partial charge on any atom is 0.274 e. The van der Waals surface area contributed by atoms with Gasteiger partial charge in [0.25, 0.3) is 11.5 Å². The molecule has 1 aromatic heterocycles. The molecule has 0 unspecified atom stereocenters. The van der Waals surface area contributed by atoms with Crippen LogP contribution in [0.25, 0.3) is 10.8 Å². The summed E-state index contributed by atoms with van der Waals surface area (Å²) in [5.74, 6) is -0.237. The average molecular weight is 303 g/mol. The van der Waals surface area contributed by atoms with Crippen LogP contribution >= 0.6 is 0 Å². The van der Waals surface area contributed by atoms with Gasteiger partial charge in [-0.05, 0) is 12.0 Å². The highest BCUT2D eigenvalue weighted by molar-refractivity contribution is 6.04. The van der Waals surface area contributed by atoms with Crippen molar-refractivity contribution in [3.8, 4) is 0 Å². The number of aromatic nitrogens is 2. The zero-order chi connectivity index (χ0) is 16.3. The van der Waals surface area contributed by atoms with E-state index in [0.717, 1.165) is 11.1 Å². The van der Waals surface area contributed by atoms with Crippen LogP contribution in [0.4, 0.5) is 0 Å². The van der Waals surface area contributed by atoms with Crippen molar-refractivity contribution < 1.29 is 9.90 Å². The zero-order valence-electron chi connectivity index (χ0n) is 13.0. The van der Waals surface area contributed by atoms with Gasteiger partial charge in [0, 0.05) is 12.4 Å². The number of aliphatic hydroxyl groups is 1. The molecule has 6 nitrogen and oxygen atoms in total. The fourth-order valence-electron chi connectivity index (χ4n) is 2.36. The van der Waals surface area contributed by atoms with Crippen LogP contribution < -0.4 is 10.9 Å². The molecule has 0 aliphatic heterocycles. The first-order valence-electron chi connectivity index (χ1n) is 7.37. The van der Waals surface area contributed by atoms with Crippen LogP contribution in [0.3, 0.4) is 0 Å². The van der Waals surface area contributed by atoms with Gasteiger partial charge in [0.05, 0.1) is 18.0 Å². The van der Waals surface area contributed by atoms with Crippen LogP contribution in [-0.2, 0) is 7.05 Å². The molecule has 0 radical (unpaired) electrons. The van der Waals surface area contributed by atoms with Crippen molar-refractivity contribution in [3.05, 3.63) is 40.3 Å². The van der Waals surface area contributed by atoms with E-state index >= 15 is 0 Å². The van der Waals surface area contributed by atoms with Crippen LogP contribution in [0.1, 0.15) is 30.8 Å². The van der Waals surface area contributed by atoms with Crippen molar-refractivity contribution in [1.29, 1.82) is 0 Å². The number of fused-ring (bicyclic) bond motifs is 1. The van der Waals surface area contributed by atoms with E-state index < -0.39 is 0 Å². The van der Waals surface area contributed by atoms with Gasteiger partial charge in [-0.1, -0.05) is 38.5 Å². The molecule has 2 N–H and O–H groups in total. The van der Waals surface area contributed by atoms with Crippen molar-refractivity contribution in [2.45, 2.75) is 26.3 Å². The third-order valence-electron chi connectivity index (χ3n) is 4.02. The Balaban J connectivity index is 2.44. The lowest BCUT2D eigenvalue weighted by Gasteiger charge is -2.22. The summed E-state index contributed by atoms with van der Waals surface area (Å²) in [7, 11) is 1.52. The van der Waals surface area contributed by atoms with E-state index in [0.29, 0.717) is 10.8 Å². The summed E-state index contributed by atoms with van der Waals surface area (Å²) >= 11 is 0. The molecule has 118 valence electrons.